The Morgan fingerprint density at radius 1 is 0.911 bits per heavy atom. The average molecular weight is 596 g/mol. The normalized spacial score (nSPS) is 30.8. The summed E-state index contributed by atoms with van der Waals surface area (Å²) in [7, 11) is 2.25. The lowest BCUT2D eigenvalue weighted by molar-refractivity contribution is 0.0305. The summed E-state index contributed by atoms with van der Waals surface area (Å²) >= 11 is 0. The van der Waals surface area contributed by atoms with Gasteiger partial charge in [-0.05, 0) is 86.4 Å². The molecule has 1 fully saturated rings. The Kier molecular flexibility index (Phi) is 7.88. The molecule has 6 unspecified atom stereocenters. The van der Waals surface area contributed by atoms with Crippen LogP contribution in [0.4, 0.5) is 0 Å². The van der Waals surface area contributed by atoms with Crippen molar-refractivity contribution in [3.05, 3.63) is 130 Å². The lowest BCUT2D eigenvalue weighted by Gasteiger charge is -2.48. The molecule has 8 rings (SSSR count). The summed E-state index contributed by atoms with van der Waals surface area (Å²) in [5, 5.41) is 11.8. The largest absolute Gasteiger partial charge is 0.307 e. The van der Waals surface area contributed by atoms with E-state index >= 15 is 0 Å². The van der Waals surface area contributed by atoms with Crippen LogP contribution in [-0.2, 0) is 12.8 Å². The summed E-state index contributed by atoms with van der Waals surface area (Å²) in [6.07, 6.45) is 32.6. The van der Waals surface area contributed by atoms with Crippen LogP contribution in [-0.4, -0.2) is 41.8 Å². The van der Waals surface area contributed by atoms with Crippen LogP contribution in [0.15, 0.2) is 96.2 Å². The minimum absolute atomic E-state index is 0.0187. The van der Waals surface area contributed by atoms with Crippen LogP contribution in [0, 0.1) is 11.8 Å². The highest BCUT2D eigenvalue weighted by Crippen LogP contribution is 2.43. The number of aromatic nitrogens is 1. The van der Waals surface area contributed by atoms with Gasteiger partial charge >= 0.3 is 0 Å². The van der Waals surface area contributed by atoms with Crippen molar-refractivity contribution in [3.8, 4) is 0 Å². The van der Waals surface area contributed by atoms with Gasteiger partial charge in [0.2, 0.25) is 0 Å². The molecule has 0 radical (unpaired) electrons. The zero-order valence-corrected chi connectivity index (χ0v) is 26.5. The van der Waals surface area contributed by atoms with Crippen molar-refractivity contribution >= 4 is 17.7 Å². The molecular formula is C40H45N5. The number of nitrogens with one attached hydrogen (secondary N) is 3. The van der Waals surface area contributed by atoms with Gasteiger partial charge in [0, 0.05) is 30.0 Å². The van der Waals surface area contributed by atoms with Crippen molar-refractivity contribution in [2.24, 2.45) is 11.8 Å². The molecule has 0 bridgehead atoms. The molecule has 0 amide bonds. The standard InChI is InChI=1S/C40H45N5/c1-26-23-30(25-41-26)31-22-21-29(24-35(31)37-34-19-10-9-17-32(34)33-18-11-12-20-36(33)42-37)38-43-39(27-13-5-3-6-14-27)45(2)40(44-38)28-15-7-4-8-16-28/h3-8,10,12-15,19-21,23-24,26,28,31,38-41,43-44H,9,11,16-18,22,25H2,1-2H3. The van der Waals surface area contributed by atoms with Crippen LogP contribution in [0.5, 0.6) is 0 Å². The van der Waals surface area contributed by atoms with Crippen molar-refractivity contribution in [2.75, 3.05) is 13.6 Å². The van der Waals surface area contributed by atoms with Gasteiger partial charge in [0.15, 0.2) is 0 Å². The molecule has 4 aliphatic carbocycles. The Bertz CT molecular complexity index is 1670. The molecule has 3 N–H and O–H groups in total. The fourth-order valence-electron chi connectivity index (χ4n) is 8.32. The van der Waals surface area contributed by atoms with Gasteiger partial charge in [0.05, 0.1) is 29.9 Å². The van der Waals surface area contributed by atoms with Gasteiger partial charge in [0.25, 0.3) is 0 Å². The highest BCUT2D eigenvalue weighted by molar-refractivity contribution is 5.81. The van der Waals surface area contributed by atoms with Gasteiger partial charge in [-0.2, -0.15) is 0 Å². The molecule has 6 aliphatic rings. The number of allylic oxidation sites excluding steroid dienone is 7. The highest BCUT2D eigenvalue weighted by atomic mass is 15.4. The van der Waals surface area contributed by atoms with Crippen LogP contribution in [0.1, 0.15) is 72.4 Å². The number of nitrogens with zero attached hydrogens (tertiary/aromatic N) is 2. The van der Waals surface area contributed by atoms with E-state index in [1.807, 2.05) is 0 Å². The average Bonchev–Trinajstić information content (AvgIpc) is 3.54. The third kappa shape index (κ3) is 5.46. The molecule has 5 heteroatoms. The monoisotopic (exact) mass is 595 g/mol. The Balaban J connectivity index is 1.22. The van der Waals surface area contributed by atoms with Crippen LogP contribution in [0.3, 0.4) is 0 Å². The van der Waals surface area contributed by atoms with E-state index in [9.17, 15) is 0 Å². The molecule has 1 aromatic carbocycles. The van der Waals surface area contributed by atoms with Crippen molar-refractivity contribution in [1.29, 1.82) is 0 Å². The summed E-state index contributed by atoms with van der Waals surface area (Å²) in [4.78, 5) is 7.96. The van der Waals surface area contributed by atoms with E-state index in [2.05, 4.69) is 132 Å². The lowest BCUT2D eigenvalue weighted by Crippen LogP contribution is -2.66. The van der Waals surface area contributed by atoms with Crippen molar-refractivity contribution in [3.63, 3.8) is 0 Å². The van der Waals surface area contributed by atoms with E-state index in [-0.39, 0.29) is 18.5 Å². The molecule has 1 aromatic heterocycles. The number of hydrogen-bond acceptors (Lipinski definition) is 5. The van der Waals surface area contributed by atoms with Crippen LogP contribution in [0.2, 0.25) is 0 Å². The summed E-state index contributed by atoms with van der Waals surface area (Å²) in [6.45, 7) is 3.21. The second-order valence-corrected chi connectivity index (χ2v) is 13.5. The Morgan fingerprint density at radius 2 is 1.76 bits per heavy atom. The zero-order valence-electron chi connectivity index (χ0n) is 26.5. The van der Waals surface area contributed by atoms with Gasteiger partial charge in [-0.25, -0.2) is 4.98 Å². The molecule has 230 valence electrons. The molecule has 2 aliphatic heterocycles. The summed E-state index contributed by atoms with van der Waals surface area (Å²) in [6, 6.07) is 11.3. The fourth-order valence-corrected chi connectivity index (χ4v) is 8.32. The predicted octanol–water partition coefficient (Wildman–Crippen LogP) is 6.86. The third-order valence-corrected chi connectivity index (χ3v) is 10.6. The fraction of sp³-hybridized carbons (Fsp3) is 0.375. The molecule has 3 heterocycles. The number of benzene rings is 1. The maximum absolute atomic E-state index is 5.49. The quantitative estimate of drug-likeness (QED) is 0.330. The maximum atomic E-state index is 5.49. The smallest absolute Gasteiger partial charge is 0.0885 e. The molecule has 5 nitrogen and oxygen atoms in total. The van der Waals surface area contributed by atoms with Gasteiger partial charge in [0.1, 0.15) is 0 Å². The molecule has 0 saturated carbocycles. The minimum Gasteiger partial charge on any atom is -0.307 e. The van der Waals surface area contributed by atoms with E-state index in [0.717, 1.165) is 45.1 Å². The number of hydrogen-bond donors (Lipinski definition) is 3. The SMILES string of the molecule is CC1C=C(C2CC=C(C3NC(c4ccccc4)N(C)C(C4C=CC=CC4)N3)C=C2c2nc3c(c4c2C=CCC4)CCC=C3)CN1. The van der Waals surface area contributed by atoms with Gasteiger partial charge in [-0.15, -0.1) is 0 Å². The molecular weight excluding hydrogens is 550 g/mol. The van der Waals surface area contributed by atoms with E-state index in [1.54, 1.807) is 0 Å². The molecule has 45 heavy (non-hydrogen) atoms. The number of rotatable bonds is 5. The van der Waals surface area contributed by atoms with E-state index in [0.29, 0.717) is 17.9 Å². The van der Waals surface area contributed by atoms with Gasteiger partial charge in [-0.3, -0.25) is 15.5 Å². The molecule has 6 atom stereocenters. The first kappa shape index (κ1) is 28.8. The predicted molar refractivity (Wildman–Crippen MR) is 186 cm³/mol. The lowest BCUT2D eigenvalue weighted by atomic mass is 9.77. The van der Waals surface area contributed by atoms with Crippen molar-refractivity contribution < 1.29 is 0 Å². The third-order valence-electron chi connectivity index (χ3n) is 10.6. The first-order valence-corrected chi connectivity index (χ1v) is 17.0. The maximum Gasteiger partial charge on any atom is 0.0885 e. The van der Waals surface area contributed by atoms with Gasteiger partial charge < -0.3 is 5.32 Å². The Labute approximate surface area is 268 Å². The topological polar surface area (TPSA) is 52.2 Å². The molecule has 2 aromatic rings. The van der Waals surface area contributed by atoms with Gasteiger partial charge in [-0.1, -0.05) is 96.7 Å². The first-order chi connectivity index (χ1) is 22.1. The molecule has 0 spiro atoms. The second kappa shape index (κ2) is 12.3. The van der Waals surface area contributed by atoms with Crippen LogP contribution < -0.4 is 16.0 Å². The Morgan fingerprint density at radius 3 is 2.56 bits per heavy atom. The first-order valence-electron chi connectivity index (χ1n) is 17.0. The van der Waals surface area contributed by atoms with Crippen molar-refractivity contribution in [1.82, 2.24) is 25.8 Å². The number of fused-ring (bicyclic) bond motifs is 3. The molecule has 1 saturated heterocycles. The van der Waals surface area contributed by atoms with Crippen LogP contribution >= 0.6 is 0 Å². The Hall–Kier alpha value is -3.61. The van der Waals surface area contributed by atoms with Crippen LogP contribution in [0.25, 0.3) is 17.7 Å². The highest BCUT2D eigenvalue weighted by Gasteiger charge is 2.39. The summed E-state index contributed by atoms with van der Waals surface area (Å²) in [5.74, 6) is 0.723. The van der Waals surface area contributed by atoms with E-state index in [1.165, 1.54) is 50.4 Å². The number of pyridine rings is 1. The zero-order chi connectivity index (χ0) is 30.3. The summed E-state index contributed by atoms with van der Waals surface area (Å²) in [5.41, 5.74) is 12.2. The van der Waals surface area contributed by atoms with Crippen molar-refractivity contribution in [2.45, 2.75) is 70.0 Å². The summed E-state index contributed by atoms with van der Waals surface area (Å²) < 4.78 is 0. The van der Waals surface area contributed by atoms with E-state index < -0.39 is 0 Å². The minimum atomic E-state index is 0.0187. The van der Waals surface area contributed by atoms with E-state index in [4.69, 9.17) is 4.98 Å². The second-order valence-electron chi connectivity index (χ2n) is 13.5.